The smallest absolute Gasteiger partial charge is 0.132 e. The lowest BCUT2D eigenvalue weighted by Gasteiger charge is -2.09. The predicted octanol–water partition coefficient (Wildman–Crippen LogP) is 4.28. The van der Waals surface area contributed by atoms with Gasteiger partial charge < -0.3 is 9.84 Å². The van der Waals surface area contributed by atoms with E-state index < -0.39 is 11.9 Å². The maximum atomic E-state index is 13.6. The molecule has 0 saturated heterocycles. The molecule has 0 aliphatic carbocycles. The molecule has 96 valence electrons. The first-order valence-corrected chi connectivity index (χ1v) is 7.07. The van der Waals surface area contributed by atoms with Crippen LogP contribution < -0.4 is 4.74 Å². The number of thiophene rings is 1. The van der Waals surface area contributed by atoms with Crippen LogP contribution in [0.4, 0.5) is 4.39 Å². The van der Waals surface area contributed by atoms with Gasteiger partial charge in [-0.1, -0.05) is 0 Å². The van der Waals surface area contributed by atoms with Crippen molar-refractivity contribution in [3.63, 3.8) is 0 Å². The average Bonchev–Trinajstić information content (AvgIpc) is 2.72. The van der Waals surface area contributed by atoms with Crippen LogP contribution in [-0.2, 0) is 6.61 Å². The van der Waals surface area contributed by atoms with E-state index in [1.54, 1.807) is 23.5 Å². The van der Waals surface area contributed by atoms with E-state index in [-0.39, 0.29) is 5.56 Å². The molecule has 0 bridgehead atoms. The third-order valence-electron chi connectivity index (χ3n) is 2.42. The number of aliphatic hydroxyl groups excluding tert-OH is 1. The second-order valence-corrected chi connectivity index (χ2v) is 5.79. The Morgan fingerprint density at radius 3 is 2.78 bits per heavy atom. The molecule has 1 atom stereocenters. The highest BCUT2D eigenvalue weighted by Crippen LogP contribution is 2.24. The third kappa shape index (κ3) is 3.31. The summed E-state index contributed by atoms with van der Waals surface area (Å²) in [5.74, 6) is 0.0104. The summed E-state index contributed by atoms with van der Waals surface area (Å²) in [6, 6.07) is 6.46. The molecule has 0 saturated carbocycles. The SMILES string of the molecule is C[C@H](O)c1ccc(OCc2cc(Br)cs2)cc1F. The van der Waals surface area contributed by atoms with Crippen molar-refractivity contribution in [1.29, 1.82) is 0 Å². The summed E-state index contributed by atoms with van der Waals surface area (Å²) in [6.07, 6.45) is -0.813. The largest absolute Gasteiger partial charge is 0.488 e. The molecule has 5 heteroatoms. The number of rotatable bonds is 4. The number of aliphatic hydroxyl groups is 1. The topological polar surface area (TPSA) is 29.5 Å². The first kappa shape index (κ1) is 13.5. The molecule has 2 nitrogen and oxygen atoms in total. The maximum absolute atomic E-state index is 13.6. The zero-order valence-electron chi connectivity index (χ0n) is 9.69. The van der Waals surface area contributed by atoms with Crippen molar-refractivity contribution in [2.45, 2.75) is 19.6 Å². The summed E-state index contributed by atoms with van der Waals surface area (Å²) in [7, 11) is 0. The quantitative estimate of drug-likeness (QED) is 0.906. The van der Waals surface area contributed by atoms with Crippen molar-refractivity contribution in [3.05, 3.63) is 50.4 Å². The van der Waals surface area contributed by atoms with E-state index in [1.165, 1.54) is 13.0 Å². The van der Waals surface area contributed by atoms with E-state index in [4.69, 9.17) is 4.74 Å². The van der Waals surface area contributed by atoms with Crippen molar-refractivity contribution >= 4 is 27.3 Å². The van der Waals surface area contributed by atoms with E-state index in [9.17, 15) is 9.50 Å². The lowest BCUT2D eigenvalue weighted by molar-refractivity contribution is 0.194. The van der Waals surface area contributed by atoms with Gasteiger partial charge >= 0.3 is 0 Å². The normalized spacial score (nSPS) is 12.4. The van der Waals surface area contributed by atoms with Crippen LogP contribution in [0.3, 0.4) is 0 Å². The highest BCUT2D eigenvalue weighted by atomic mass is 79.9. The molecule has 0 aliphatic heterocycles. The van der Waals surface area contributed by atoms with Gasteiger partial charge in [0, 0.05) is 26.4 Å². The molecule has 0 fully saturated rings. The highest BCUT2D eigenvalue weighted by molar-refractivity contribution is 9.10. The molecule has 1 heterocycles. The summed E-state index contributed by atoms with van der Waals surface area (Å²) < 4.78 is 20.1. The van der Waals surface area contributed by atoms with Gasteiger partial charge in [0.05, 0.1) is 6.10 Å². The summed E-state index contributed by atoms with van der Waals surface area (Å²) in [4.78, 5) is 1.06. The zero-order chi connectivity index (χ0) is 13.1. The van der Waals surface area contributed by atoms with E-state index in [1.807, 2.05) is 11.4 Å². The van der Waals surface area contributed by atoms with E-state index in [0.29, 0.717) is 12.4 Å². The van der Waals surface area contributed by atoms with Crippen LogP contribution in [0.1, 0.15) is 23.5 Å². The van der Waals surface area contributed by atoms with Crippen molar-refractivity contribution in [2.75, 3.05) is 0 Å². The molecule has 2 rings (SSSR count). The Morgan fingerprint density at radius 1 is 1.44 bits per heavy atom. The maximum Gasteiger partial charge on any atom is 0.132 e. The summed E-state index contributed by atoms with van der Waals surface area (Å²) in [5, 5.41) is 11.3. The Morgan fingerprint density at radius 2 is 2.22 bits per heavy atom. The molecule has 0 radical (unpaired) electrons. The van der Waals surface area contributed by atoms with Gasteiger partial charge in [-0.2, -0.15) is 0 Å². The Bertz CT molecular complexity index is 540. The first-order chi connectivity index (χ1) is 8.56. The van der Waals surface area contributed by atoms with Crippen LogP contribution in [-0.4, -0.2) is 5.11 Å². The number of hydrogen-bond donors (Lipinski definition) is 1. The van der Waals surface area contributed by atoms with Crippen molar-refractivity contribution in [2.24, 2.45) is 0 Å². The standard InChI is InChI=1S/C13H12BrFO2S/c1-8(16)12-3-2-10(5-13(12)15)17-6-11-4-9(14)7-18-11/h2-5,7-8,16H,6H2,1H3/t8-/m0/s1. The van der Waals surface area contributed by atoms with E-state index in [0.717, 1.165) is 9.35 Å². The second kappa shape index (κ2) is 5.82. The molecule has 0 spiro atoms. The summed E-state index contributed by atoms with van der Waals surface area (Å²) in [6.45, 7) is 1.94. The molecule has 2 aromatic rings. The van der Waals surface area contributed by atoms with Gasteiger partial charge in [-0.25, -0.2) is 4.39 Å². The van der Waals surface area contributed by atoms with Gasteiger partial charge in [-0.15, -0.1) is 11.3 Å². The van der Waals surface area contributed by atoms with Crippen LogP contribution >= 0.6 is 27.3 Å². The lowest BCUT2D eigenvalue weighted by Crippen LogP contribution is -1.98. The average molecular weight is 331 g/mol. The van der Waals surface area contributed by atoms with Gasteiger partial charge in [0.15, 0.2) is 0 Å². The monoisotopic (exact) mass is 330 g/mol. The molecule has 18 heavy (non-hydrogen) atoms. The Hall–Kier alpha value is -0.910. The fourth-order valence-electron chi connectivity index (χ4n) is 1.52. The lowest BCUT2D eigenvalue weighted by atomic mass is 10.1. The molecule has 0 aliphatic rings. The fraction of sp³-hybridized carbons (Fsp3) is 0.231. The minimum absolute atomic E-state index is 0.279. The zero-order valence-corrected chi connectivity index (χ0v) is 12.1. The predicted molar refractivity (Wildman–Crippen MR) is 73.4 cm³/mol. The van der Waals surface area contributed by atoms with Crippen LogP contribution in [0.15, 0.2) is 34.1 Å². The number of benzene rings is 1. The molecule has 1 aromatic heterocycles. The van der Waals surface area contributed by atoms with Crippen LogP contribution in [0.2, 0.25) is 0 Å². The van der Waals surface area contributed by atoms with E-state index >= 15 is 0 Å². The Balaban J connectivity index is 2.04. The Kier molecular flexibility index (Phi) is 4.37. The summed E-state index contributed by atoms with van der Waals surface area (Å²) >= 11 is 4.94. The molecule has 0 amide bonds. The molecule has 0 unspecified atom stereocenters. The van der Waals surface area contributed by atoms with Gasteiger partial charge in [0.2, 0.25) is 0 Å². The van der Waals surface area contributed by atoms with Crippen molar-refractivity contribution in [1.82, 2.24) is 0 Å². The Labute approximate surface area is 117 Å². The summed E-state index contributed by atoms with van der Waals surface area (Å²) in [5.41, 5.74) is 0.279. The first-order valence-electron chi connectivity index (χ1n) is 5.39. The minimum atomic E-state index is -0.813. The molecule has 1 N–H and O–H groups in total. The molecular formula is C13H12BrFO2S. The van der Waals surface area contributed by atoms with Gasteiger partial charge in [-0.05, 0) is 41.1 Å². The number of ether oxygens (including phenoxy) is 1. The third-order valence-corrected chi connectivity index (χ3v) is 4.10. The molecule has 1 aromatic carbocycles. The number of halogens is 2. The van der Waals surface area contributed by atoms with Crippen LogP contribution in [0.25, 0.3) is 0 Å². The number of hydrogen-bond acceptors (Lipinski definition) is 3. The fourth-order valence-corrected chi connectivity index (χ4v) is 2.88. The van der Waals surface area contributed by atoms with Gasteiger partial charge in [0.25, 0.3) is 0 Å². The second-order valence-electron chi connectivity index (χ2n) is 3.88. The van der Waals surface area contributed by atoms with Crippen LogP contribution in [0, 0.1) is 5.82 Å². The van der Waals surface area contributed by atoms with E-state index in [2.05, 4.69) is 15.9 Å². The van der Waals surface area contributed by atoms with Gasteiger partial charge in [0.1, 0.15) is 18.2 Å². The van der Waals surface area contributed by atoms with Crippen molar-refractivity contribution < 1.29 is 14.2 Å². The van der Waals surface area contributed by atoms with Crippen LogP contribution in [0.5, 0.6) is 5.75 Å². The minimum Gasteiger partial charge on any atom is -0.488 e. The molecular weight excluding hydrogens is 319 g/mol. The highest BCUT2D eigenvalue weighted by Gasteiger charge is 2.09. The van der Waals surface area contributed by atoms with Gasteiger partial charge in [-0.3, -0.25) is 0 Å². The van der Waals surface area contributed by atoms with Crippen molar-refractivity contribution in [3.8, 4) is 5.75 Å².